The van der Waals surface area contributed by atoms with Crippen LogP contribution in [0.1, 0.15) is 12.8 Å². The number of benzene rings is 1. The predicted octanol–water partition coefficient (Wildman–Crippen LogP) is 0.544. The smallest absolute Gasteiger partial charge is 0.312 e. The highest BCUT2D eigenvalue weighted by atomic mass is 32.2. The van der Waals surface area contributed by atoms with Gasteiger partial charge in [0.15, 0.2) is 0 Å². The Morgan fingerprint density at radius 1 is 1.27 bits per heavy atom. The number of amides is 1. The summed E-state index contributed by atoms with van der Waals surface area (Å²) in [6.07, 6.45) is 0.450. The summed E-state index contributed by atoms with van der Waals surface area (Å²) < 4.78 is 17.4. The lowest BCUT2D eigenvalue weighted by Gasteiger charge is -2.40. The van der Waals surface area contributed by atoms with Crippen LogP contribution < -0.4 is 5.32 Å². The van der Waals surface area contributed by atoms with Crippen LogP contribution in [0.4, 0.5) is 0 Å². The lowest BCUT2D eigenvalue weighted by Crippen LogP contribution is -2.57. The minimum Gasteiger partial charge on any atom is -0.481 e. The third-order valence-electron chi connectivity index (χ3n) is 4.32. The first-order valence-electron chi connectivity index (χ1n) is 7.07. The largest absolute Gasteiger partial charge is 0.481 e. The summed E-state index contributed by atoms with van der Waals surface area (Å²) in [7, 11) is -1.17. The van der Waals surface area contributed by atoms with Crippen LogP contribution in [0.15, 0.2) is 35.2 Å². The topological polar surface area (TPSA) is 92.7 Å². The van der Waals surface area contributed by atoms with Crippen molar-refractivity contribution >= 4 is 22.7 Å². The molecule has 118 valence electrons. The Morgan fingerprint density at radius 2 is 1.95 bits per heavy atom. The van der Waals surface area contributed by atoms with Gasteiger partial charge in [-0.25, -0.2) is 0 Å². The fourth-order valence-electron chi connectivity index (χ4n) is 3.07. The molecule has 1 amide bonds. The molecule has 3 fully saturated rings. The first-order chi connectivity index (χ1) is 10.5. The summed E-state index contributed by atoms with van der Waals surface area (Å²) in [5, 5.41) is 11.8. The Kier molecular flexibility index (Phi) is 3.78. The molecule has 2 heterocycles. The number of ether oxygens (including phenoxy) is 1. The van der Waals surface area contributed by atoms with Crippen LogP contribution in [0, 0.1) is 5.41 Å². The first-order valence-corrected chi connectivity index (χ1v) is 8.39. The molecule has 2 aliphatic heterocycles. The molecule has 6 nitrogen and oxygen atoms in total. The third kappa shape index (κ3) is 2.44. The second-order valence-electron chi connectivity index (χ2n) is 5.84. The number of rotatable bonds is 6. The van der Waals surface area contributed by atoms with Gasteiger partial charge >= 0.3 is 5.97 Å². The van der Waals surface area contributed by atoms with Crippen molar-refractivity contribution < 1.29 is 23.6 Å². The lowest BCUT2D eigenvalue weighted by atomic mass is 9.62. The van der Waals surface area contributed by atoms with Crippen LogP contribution in [0.5, 0.6) is 0 Å². The van der Waals surface area contributed by atoms with Crippen LogP contribution >= 0.6 is 0 Å². The molecule has 22 heavy (non-hydrogen) atoms. The molecule has 0 aromatic heterocycles. The molecule has 4 rings (SSSR count). The van der Waals surface area contributed by atoms with E-state index in [0.29, 0.717) is 5.75 Å². The molecule has 1 aromatic carbocycles. The minimum atomic E-state index is -1.17. The molecule has 1 atom stereocenters. The normalized spacial score (nSPS) is 30.4. The molecule has 0 spiro atoms. The number of carboxylic acids is 1. The predicted molar refractivity (Wildman–Crippen MR) is 78.7 cm³/mol. The van der Waals surface area contributed by atoms with E-state index in [1.165, 1.54) is 0 Å². The lowest BCUT2D eigenvalue weighted by molar-refractivity contribution is -0.158. The molecule has 3 aliphatic rings. The van der Waals surface area contributed by atoms with Crippen molar-refractivity contribution in [1.29, 1.82) is 0 Å². The third-order valence-corrected chi connectivity index (χ3v) is 5.69. The Balaban J connectivity index is 1.49. The molecule has 2 saturated heterocycles. The number of hydrogen-bond acceptors (Lipinski definition) is 4. The Bertz CT molecular complexity index is 624. The second kappa shape index (κ2) is 5.48. The maximum atomic E-state index is 12.2. The zero-order valence-corrected chi connectivity index (χ0v) is 12.7. The average molecular weight is 323 g/mol. The van der Waals surface area contributed by atoms with E-state index in [2.05, 4.69) is 5.32 Å². The van der Waals surface area contributed by atoms with Gasteiger partial charge in [0, 0.05) is 30.0 Å². The standard InChI is InChI=1S/C15H17NO5S/c17-12(15-8-14(9-15,10-21-15)13(18)19)16-6-7-22(20)11-4-2-1-3-5-11/h1-5H,6-10H2,(H,16,17)(H,18,19). The minimum absolute atomic E-state index is 0.0890. The summed E-state index contributed by atoms with van der Waals surface area (Å²) in [4.78, 5) is 24.0. The number of aliphatic carboxylic acids is 1. The van der Waals surface area contributed by atoms with Crippen molar-refractivity contribution in [3.8, 4) is 0 Å². The number of carboxylic acid groups (broad SMARTS) is 1. The molecule has 1 saturated carbocycles. The SMILES string of the molecule is O=C(O)C12COC(C(=O)NCCS(=O)c3ccccc3)(C1)C2. The van der Waals surface area contributed by atoms with E-state index in [9.17, 15) is 13.8 Å². The molecular formula is C15H17NO5S. The van der Waals surface area contributed by atoms with Gasteiger partial charge < -0.3 is 15.2 Å². The van der Waals surface area contributed by atoms with Crippen LogP contribution in [-0.2, 0) is 25.1 Å². The monoisotopic (exact) mass is 323 g/mol. The number of carbonyl (C=O) groups is 2. The first kappa shape index (κ1) is 15.2. The molecule has 1 aromatic rings. The zero-order valence-electron chi connectivity index (χ0n) is 11.9. The number of carbonyl (C=O) groups excluding carboxylic acids is 1. The number of nitrogens with one attached hydrogen (secondary N) is 1. The highest BCUT2D eigenvalue weighted by Crippen LogP contribution is 2.58. The summed E-state index contributed by atoms with van der Waals surface area (Å²) in [6, 6.07) is 9.05. The van der Waals surface area contributed by atoms with Crippen LogP contribution in [-0.4, -0.2) is 45.7 Å². The molecule has 1 aliphatic carbocycles. The van der Waals surface area contributed by atoms with E-state index in [4.69, 9.17) is 9.84 Å². The van der Waals surface area contributed by atoms with E-state index in [1.807, 2.05) is 18.2 Å². The van der Waals surface area contributed by atoms with Crippen LogP contribution in [0.3, 0.4) is 0 Å². The van der Waals surface area contributed by atoms with Gasteiger partial charge in [0.05, 0.1) is 22.8 Å². The van der Waals surface area contributed by atoms with E-state index in [-0.39, 0.29) is 31.9 Å². The zero-order chi connectivity index (χ0) is 15.8. The maximum Gasteiger partial charge on any atom is 0.312 e. The summed E-state index contributed by atoms with van der Waals surface area (Å²) in [5.41, 5.74) is -1.88. The number of fused-ring (bicyclic) bond motifs is 1. The van der Waals surface area contributed by atoms with E-state index < -0.39 is 27.8 Å². The molecule has 2 bridgehead atoms. The van der Waals surface area contributed by atoms with Crippen molar-refractivity contribution in [2.75, 3.05) is 18.9 Å². The molecular weight excluding hydrogens is 306 g/mol. The van der Waals surface area contributed by atoms with Crippen molar-refractivity contribution in [3.05, 3.63) is 30.3 Å². The molecule has 2 N–H and O–H groups in total. The summed E-state index contributed by atoms with van der Waals surface area (Å²) >= 11 is 0. The van der Waals surface area contributed by atoms with Gasteiger partial charge in [-0.15, -0.1) is 0 Å². The fourth-order valence-corrected chi connectivity index (χ4v) is 4.05. The van der Waals surface area contributed by atoms with Gasteiger partial charge in [0.1, 0.15) is 5.60 Å². The van der Waals surface area contributed by atoms with E-state index >= 15 is 0 Å². The summed E-state index contributed by atoms with van der Waals surface area (Å²) in [5.74, 6) is -0.888. The van der Waals surface area contributed by atoms with Gasteiger partial charge in [0.25, 0.3) is 5.91 Å². The molecule has 1 unspecified atom stereocenters. The van der Waals surface area contributed by atoms with Crippen LogP contribution in [0.2, 0.25) is 0 Å². The van der Waals surface area contributed by atoms with Crippen molar-refractivity contribution in [3.63, 3.8) is 0 Å². The summed E-state index contributed by atoms with van der Waals surface area (Å²) in [6.45, 7) is 0.358. The molecule has 7 heteroatoms. The van der Waals surface area contributed by atoms with Crippen LogP contribution in [0.25, 0.3) is 0 Å². The fraction of sp³-hybridized carbons (Fsp3) is 0.467. The Morgan fingerprint density at radius 3 is 2.55 bits per heavy atom. The van der Waals surface area contributed by atoms with Gasteiger partial charge in [-0.1, -0.05) is 18.2 Å². The highest BCUT2D eigenvalue weighted by Gasteiger charge is 2.70. The van der Waals surface area contributed by atoms with Crippen molar-refractivity contribution in [1.82, 2.24) is 5.32 Å². The van der Waals surface area contributed by atoms with E-state index in [0.717, 1.165) is 4.90 Å². The van der Waals surface area contributed by atoms with E-state index in [1.54, 1.807) is 12.1 Å². The Labute approximate surface area is 130 Å². The van der Waals surface area contributed by atoms with Crippen molar-refractivity contribution in [2.24, 2.45) is 5.41 Å². The van der Waals surface area contributed by atoms with Gasteiger partial charge in [-0.05, 0) is 12.1 Å². The second-order valence-corrected chi connectivity index (χ2v) is 7.41. The number of hydrogen-bond donors (Lipinski definition) is 2. The van der Waals surface area contributed by atoms with Crippen molar-refractivity contribution in [2.45, 2.75) is 23.3 Å². The van der Waals surface area contributed by atoms with Gasteiger partial charge in [-0.3, -0.25) is 13.8 Å². The maximum absolute atomic E-state index is 12.2. The highest BCUT2D eigenvalue weighted by molar-refractivity contribution is 7.85. The van der Waals surface area contributed by atoms with Gasteiger partial charge in [-0.2, -0.15) is 0 Å². The average Bonchev–Trinajstić information content (AvgIpc) is 3.05. The molecule has 0 radical (unpaired) electrons. The Hall–Kier alpha value is -1.73. The quantitative estimate of drug-likeness (QED) is 0.797. The van der Waals surface area contributed by atoms with Gasteiger partial charge in [0.2, 0.25) is 0 Å².